The predicted molar refractivity (Wildman–Crippen MR) is 89.0 cm³/mol. The fourth-order valence-electron chi connectivity index (χ4n) is 1.84. The lowest BCUT2D eigenvalue weighted by molar-refractivity contribution is 0.0937. The average molecular weight is 354 g/mol. The first-order valence-electron chi connectivity index (χ1n) is 6.92. The van der Waals surface area contributed by atoms with E-state index in [2.05, 4.69) is 10.0 Å². The van der Waals surface area contributed by atoms with Gasteiger partial charge in [0.05, 0.1) is 11.5 Å². The van der Waals surface area contributed by atoms with Crippen LogP contribution in [0.4, 0.5) is 0 Å². The first kappa shape index (κ1) is 17.6. The van der Waals surface area contributed by atoms with E-state index in [0.29, 0.717) is 18.7 Å². The van der Waals surface area contributed by atoms with Crippen molar-refractivity contribution in [1.82, 2.24) is 10.0 Å². The van der Waals surface area contributed by atoms with Crippen LogP contribution >= 0.6 is 11.3 Å². The number of thiophene rings is 1. The topological polar surface area (TPSA) is 84.5 Å². The van der Waals surface area contributed by atoms with Crippen LogP contribution in [0.2, 0.25) is 0 Å². The number of carbonyl (C=O) groups excluding carboxylic acids is 1. The van der Waals surface area contributed by atoms with E-state index in [4.69, 9.17) is 4.74 Å². The van der Waals surface area contributed by atoms with Crippen LogP contribution in [0, 0.1) is 0 Å². The van der Waals surface area contributed by atoms with Crippen LogP contribution in [0.25, 0.3) is 0 Å². The summed E-state index contributed by atoms with van der Waals surface area (Å²) in [7, 11) is -2.13. The molecule has 0 fully saturated rings. The van der Waals surface area contributed by atoms with Gasteiger partial charge in [-0.1, -0.05) is 12.1 Å². The molecule has 0 spiro atoms. The molecule has 8 heteroatoms. The van der Waals surface area contributed by atoms with Crippen molar-refractivity contribution in [2.75, 3.05) is 20.3 Å². The summed E-state index contributed by atoms with van der Waals surface area (Å²) in [6.07, 6.45) is 0. The highest BCUT2D eigenvalue weighted by Gasteiger charge is 2.16. The number of hydrogen-bond acceptors (Lipinski definition) is 5. The minimum atomic E-state index is -3.67. The van der Waals surface area contributed by atoms with E-state index in [1.165, 1.54) is 23.5 Å². The van der Waals surface area contributed by atoms with Crippen LogP contribution in [-0.2, 0) is 21.3 Å². The van der Waals surface area contributed by atoms with E-state index < -0.39 is 10.0 Å². The number of amides is 1. The van der Waals surface area contributed by atoms with Gasteiger partial charge in [0.1, 0.15) is 0 Å². The van der Waals surface area contributed by atoms with Gasteiger partial charge in [0.15, 0.2) is 0 Å². The van der Waals surface area contributed by atoms with Gasteiger partial charge in [-0.3, -0.25) is 4.79 Å². The highest BCUT2D eigenvalue weighted by atomic mass is 32.2. The van der Waals surface area contributed by atoms with Crippen LogP contribution in [0.3, 0.4) is 0 Å². The lowest BCUT2D eigenvalue weighted by Crippen LogP contribution is -2.27. The molecule has 2 rings (SSSR count). The molecule has 2 aromatic rings. The highest BCUT2D eigenvalue weighted by molar-refractivity contribution is 7.89. The molecule has 0 atom stereocenters. The summed E-state index contributed by atoms with van der Waals surface area (Å²) in [5, 5.41) is 4.54. The summed E-state index contributed by atoms with van der Waals surface area (Å²) in [6, 6.07) is 9.65. The number of ether oxygens (including phenoxy) is 1. The van der Waals surface area contributed by atoms with Crippen molar-refractivity contribution in [2.45, 2.75) is 11.4 Å². The minimum Gasteiger partial charge on any atom is -0.383 e. The number of sulfonamides is 1. The Bertz CT molecular complexity index is 743. The molecule has 0 bridgehead atoms. The average Bonchev–Trinajstić information content (AvgIpc) is 3.07. The normalized spacial score (nSPS) is 11.3. The van der Waals surface area contributed by atoms with Crippen molar-refractivity contribution in [2.24, 2.45) is 0 Å². The molecular weight excluding hydrogens is 336 g/mol. The summed E-state index contributed by atoms with van der Waals surface area (Å²) in [6.45, 7) is 0.985. The number of rotatable bonds is 8. The maximum Gasteiger partial charge on any atom is 0.251 e. The second-order valence-electron chi connectivity index (χ2n) is 4.68. The van der Waals surface area contributed by atoms with Crippen molar-refractivity contribution in [3.05, 3.63) is 52.2 Å². The third kappa shape index (κ3) is 5.14. The molecule has 6 nitrogen and oxygen atoms in total. The van der Waals surface area contributed by atoms with Gasteiger partial charge >= 0.3 is 0 Å². The number of benzene rings is 1. The molecule has 1 aromatic carbocycles. The lowest BCUT2D eigenvalue weighted by Gasteiger charge is -2.08. The monoisotopic (exact) mass is 354 g/mol. The van der Waals surface area contributed by atoms with Crippen LogP contribution < -0.4 is 10.0 Å². The number of carbonyl (C=O) groups is 1. The first-order chi connectivity index (χ1) is 11.0. The largest absolute Gasteiger partial charge is 0.383 e. The molecule has 124 valence electrons. The zero-order chi connectivity index (χ0) is 16.7. The Balaban J connectivity index is 2.06. The maximum absolute atomic E-state index is 12.3. The smallest absolute Gasteiger partial charge is 0.251 e. The van der Waals surface area contributed by atoms with E-state index in [-0.39, 0.29) is 17.3 Å². The van der Waals surface area contributed by atoms with Crippen LogP contribution in [-0.4, -0.2) is 34.6 Å². The Morgan fingerprint density at radius 3 is 2.78 bits per heavy atom. The van der Waals surface area contributed by atoms with Gasteiger partial charge in [-0.15, -0.1) is 11.3 Å². The maximum atomic E-state index is 12.3. The molecular formula is C15H18N2O4S2. The van der Waals surface area contributed by atoms with Gasteiger partial charge in [0, 0.05) is 30.6 Å². The summed E-state index contributed by atoms with van der Waals surface area (Å²) in [4.78, 5) is 12.9. The summed E-state index contributed by atoms with van der Waals surface area (Å²) in [5.41, 5.74) is 0.292. The molecule has 0 aliphatic rings. The molecule has 1 amide bonds. The quantitative estimate of drug-likeness (QED) is 0.705. The van der Waals surface area contributed by atoms with Gasteiger partial charge in [-0.05, 0) is 29.6 Å². The minimum absolute atomic E-state index is 0.0634. The standard InChI is InChI=1S/C15H18N2O4S2/c1-21-8-7-16-15(18)12-4-2-6-14(10-12)23(19,20)17-11-13-5-3-9-22-13/h2-6,9-10,17H,7-8,11H2,1H3,(H,16,18). The third-order valence-corrected chi connectivity index (χ3v) is 5.29. The van der Waals surface area contributed by atoms with Crippen molar-refractivity contribution in [3.63, 3.8) is 0 Å². The fourth-order valence-corrected chi connectivity index (χ4v) is 3.62. The Hall–Kier alpha value is -1.74. The van der Waals surface area contributed by atoms with Gasteiger partial charge in [0.25, 0.3) is 5.91 Å². The van der Waals surface area contributed by atoms with E-state index in [1.54, 1.807) is 19.2 Å². The molecule has 0 saturated carbocycles. The highest BCUT2D eigenvalue weighted by Crippen LogP contribution is 2.14. The van der Waals surface area contributed by atoms with Gasteiger partial charge in [-0.25, -0.2) is 13.1 Å². The Morgan fingerprint density at radius 2 is 2.09 bits per heavy atom. The van der Waals surface area contributed by atoms with Crippen molar-refractivity contribution < 1.29 is 17.9 Å². The van der Waals surface area contributed by atoms with Gasteiger partial charge in [-0.2, -0.15) is 0 Å². The summed E-state index contributed by atoms with van der Waals surface area (Å²) in [5.74, 6) is -0.336. The molecule has 0 aliphatic heterocycles. The number of methoxy groups -OCH3 is 1. The molecule has 0 unspecified atom stereocenters. The van der Waals surface area contributed by atoms with E-state index in [9.17, 15) is 13.2 Å². The summed E-state index contributed by atoms with van der Waals surface area (Å²) >= 11 is 1.48. The van der Waals surface area contributed by atoms with Crippen LogP contribution in [0.1, 0.15) is 15.2 Å². The second-order valence-corrected chi connectivity index (χ2v) is 7.48. The van der Waals surface area contributed by atoms with E-state index >= 15 is 0 Å². The molecule has 23 heavy (non-hydrogen) atoms. The summed E-state index contributed by atoms with van der Waals surface area (Å²) < 4.78 is 32.0. The predicted octanol–water partition coefficient (Wildman–Crippen LogP) is 1.60. The molecule has 0 saturated heterocycles. The zero-order valence-corrected chi connectivity index (χ0v) is 14.2. The first-order valence-corrected chi connectivity index (χ1v) is 9.28. The van der Waals surface area contributed by atoms with Gasteiger partial charge in [0.2, 0.25) is 10.0 Å². The Kier molecular flexibility index (Phi) is 6.28. The zero-order valence-electron chi connectivity index (χ0n) is 12.6. The van der Waals surface area contributed by atoms with E-state index in [1.807, 2.05) is 17.5 Å². The third-order valence-electron chi connectivity index (χ3n) is 3.01. The lowest BCUT2D eigenvalue weighted by atomic mass is 10.2. The Morgan fingerprint density at radius 1 is 1.26 bits per heavy atom. The van der Waals surface area contributed by atoms with Crippen molar-refractivity contribution in [3.8, 4) is 0 Å². The van der Waals surface area contributed by atoms with Crippen LogP contribution in [0.15, 0.2) is 46.7 Å². The fraction of sp³-hybridized carbons (Fsp3) is 0.267. The molecule has 0 aliphatic carbocycles. The van der Waals surface area contributed by atoms with Crippen molar-refractivity contribution >= 4 is 27.3 Å². The number of nitrogens with one attached hydrogen (secondary N) is 2. The molecule has 1 aromatic heterocycles. The SMILES string of the molecule is COCCNC(=O)c1cccc(S(=O)(=O)NCc2cccs2)c1. The molecule has 1 heterocycles. The van der Waals surface area contributed by atoms with Crippen LogP contribution in [0.5, 0.6) is 0 Å². The van der Waals surface area contributed by atoms with Crippen molar-refractivity contribution in [1.29, 1.82) is 0 Å². The molecule has 2 N–H and O–H groups in total. The second kappa shape index (κ2) is 8.21. The van der Waals surface area contributed by atoms with Gasteiger partial charge < -0.3 is 10.1 Å². The number of hydrogen-bond donors (Lipinski definition) is 2. The molecule has 0 radical (unpaired) electrons. The van der Waals surface area contributed by atoms with E-state index in [0.717, 1.165) is 4.88 Å². The Labute approximate surface area is 139 Å².